The van der Waals surface area contributed by atoms with E-state index >= 15 is 0 Å². The molecule has 0 amide bonds. The van der Waals surface area contributed by atoms with Crippen LogP contribution in [0.4, 0.5) is 0 Å². The molecule has 1 heterocycles. The molecule has 0 aliphatic carbocycles. The molecule has 112 valence electrons. The zero-order valence-corrected chi connectivity index (χ0v) is 12.4. The summed E-state index contributed by atoms with van der Waals surface area (Å²) < 4.78 is 27.7. The van der Waals surface area contributed by atoms with Gasteiger partial charge in [0.15, 0.2) is 0 Å². The zero-order valence-electron chi connectivity index (χ0n) is 11.6. The Morgan fingerprint density at radius 3 is 2.45 bits per heavy atom. The second-order valence-electron chi connectivity index (χ2n) is 5.12. The van der Waals surface area contributed by atoms with Gasteiger partial charge in [-0.05, 0) is 30.5 Å². The van der Waals surface area contributed by atoms with E-state index < -0.39 is 15.9 Å². The third-order valence-corrected chi connectivity index (χ3v) is 5.37. The molecular weight excluding hydrogens is 278 g/mol. The van der Waals surface area contributed by atoms with Gasteiger partial charge in [-0.3, -0.25) is 0 Å². The Balaban J connectivity index is 1.81. The van der Waals surface area contributed by atoms with Crippen molar-refractivity contribution < 1.29 is 18.3 Å². The first-order valence-electron chi connectivity index (χ1n) is 6.76. The SMILES string of the molecule is COc1ccc(C(O)CNC2CCS(=O)(=O)CC2)cc1. The van der Waals surface area contributed by atoms with Crippen molar-refractivity contribution >= 4 is 9.84 Å². The van der Waals surface area contributed by atoms with Crippen LogP contribution in [-0.4, -0.2) is 44.7 Å². The first-order chi connectivity index (χ1) is 9.50. The van der Waals surface area contributed by atoms with Crippen molar-refractivity contribution in [2.24, 2.45) is 0 Å². The Kier molecular flexibility index (Phi) is 5.01. The van der Waals surface area contributed by atoms with E-state index in [2.05, 4.69) is 5.32 Å². The van der Waals surface area contributed by atoms with Crippen molar-refractivity contribution in [3.8, 4) is 5.75 Å². The average molecular weight is 299 g/mol. The number of hydrogen-bond donors (Lipinski definition) is 2. The van der Waals surface area contributed by atoms with Crippen molar-refractivity contribution in [2.75, 3.05) is 25.2 Å². The Labute approximate surface area is 119 Å². The Bertz CT molecular complexity index is 513. The number of ether oxygens (including phenoxy) is 1. The number of hydrogen-bond acceptors (Lipinski definition) is 5. The van der Waals surface area contributed by atoms with Crippen LogP contribution in [0, 0.1) is 0 Å². The molecule has 0 spiro atoms. The number of benzene rings is 1. The number of aliphatic hydroxyl groups is 1. The molecular formula is C14H21NO4S. The lowest BCUT2D eigenvalue weighted by molar-refractivity contribution is 0.168. The van der Waals surface area contributed by atoms with E-state index in [1.54, 1.807) is 7.11 Å². The maximum atomic E-state index is 11.3. The summed E-state index contributed by atoms with van der Waals surface area (Å²) in [7, 11) is -1.23. The fourth-order valence-electron chi connectivity index (χ4n) is 2.32. The molecule has 0 saturated carbocycles. The van der Waals surface area contributed by atoms with Gasteiger partial charge in [-0.25, -0.2) is 8.42 Å². The number of aliphatic hydroxyl groups excluding tert-OH is 1. The number of methoxy groups -OCH3 is 1. The van der Waals surface area contributed by atoms with Gasteiger partial charge in [-0.1, -0.05) is 12.1 Å². The number of sulfone groups is 1. The molecule has 1 aromatic carbocycles. The summed E-state index contributed by atoms with van der Waals surface area (Å²) >= 11 is 0. The van der Waals surface area contributed by atoms with Gasteiger partial charge < -0.3 is 15.2 Å². The molecule has 2 rings (SSSR count). The van der Waals surface area contributed by atoms with Crippen LogP contribution in [0.15, 0.2) is 24.3 Å². The zero-order chi connectivity index (χ0) is 14.6. The predicted octanol–water partition coefficient (Wildman–Crippen LogP) is 0.895. The summed E-state index contributed by atoms with van der Waals surface area (Å²) in [4.78, 5) is 0. The molecule has 2 N–H and O–H groups in total. The number of nitrogens with one attached hydrogen (secondary N) is 1. The molecule has 1 atom stereocenters. The van der Waals surface area contributed by atoms with Crippen molar-refractivity contribution in [1.29, 1.82) is 0 Å². The Hall–Kier alpha value is -1.11. The van der Waals surface area contributed by atoms with Gasteiger partial charge in [0.05, 0.1) is 24.7 Å². The second kappa shape index (κ2) is 6.56. The minimum atomic E-state index is -2.83. The largest absolute Gasteiger partial charge is 0.497 e. The first kappa shape index (κ1) is 15.3. The molecule has 1 fully saturated rings. The molecule has 6 heteroatoms. The molecule has 20 heavy (non-hydrogen) atoms. The second-order valence-corrected chi connectivity index (χ2v) is 7.43. The van der Waals surface area contributed by atoms with Gasteiger partial charge in [0.2, 0.25) is 0 Å². The lowest BCUT2D eigenvalue weighted by Gasteiger charge is -2.24. The van der Waals surface area contributed by atoms with Crippen LogP contribution in [0.25, 0.3) is 0 Å². The Morgan fingerprint density at radius 1 is 1.30 bits per heavy atom. The van der Waals surface area contributed by atoms with E-state index in [4.69, 9.17) is 4.74 Å². The van der Waals surface area contributed by atoms with Gasteiger partial charge >= 0.3 is 0 Å². The first-order valence-corrected chi connectivity index (χ1v) is 8.58. The fourth-order valence-corrected chi connectivity index (χ4v) is 3.81. The lowest BCUT2D eigenvalue weighted by Crippen LogP contribution is -2.39. The van der Waals surface area contributed by atoms with E-state index in [1.807, 2.05) is 24.3 Å². The minimum absolute atomic E-state index is 0.173. The van der Waals surface area contributed by atoms with Gasteiger partial charge in [0, 0.05) is 12.6 Å². The fraction of sp³-hybridized carbons (Fsp3) is 0.571. The normalized spacial score (nSPS) is 20.5. The van der Waals surface area contributed by atoms with Crippen molar-refractivity contribution in [3.63, 3.8) is 0 Å². The highest BCUT2D eigenvalue weighted by atomic mass is 32.2. The standard InChI is InChI=1S/C14H21NO4S/c1-19-13-4-2-11(3-5-13)14(16)10-15-12-6-8-20(17,18)9-7-12/h2-5,12,14-16H,6-10H2,1H3. The molecule has 1 aromatic rings. The average Bonchev–Trinajstić information content (AvgIpc) is 2.46. The van der Waals surface area contributed by atoms with Crippen molar-refractivity contribution in [2.45, 2.75) is 25.0 Å². The van der Waals surface area contributed by atoms with Crippen LogP contribution in [0.3, 0.4) is 0 Å². The van der Waals surface area contributed by atoms with Crippen LogP contribution in [0.1, 0.15) is 24.5 Å². The van der Waals surface area contributed by atoms with Crippen molar-refractivity contribution in [3.05, 3.63) is 29.8 Å². The quantitative estimate of drug-likeness (QED) is 0.845. The van der Waals surface area contributed by atoms with Crippen LogP contribution < -0.4 is 10.1 Å². The van der Waals surface area contributed by atoms with Gasteiger partial charge in [0.25, 0.3) is 0 Å². The minimum Gasteiger partial charge on any atom is -0.497 e. The Morgan fingerprint density at radius 2 is 1.90 bits per heavy atom. The summed E-state index contributed by atoms with van der Waals surface area (Å²) in [5, 5.41) is 13.3. The molecule has 1 unspecified atom stereocenters. The van der Waals surface area contributed by atoms with Gasteiger partial charge in [-0.15, -0.1) is 0 Å². The summed E-state index contributed by atoms with van der Waals surface area (Å²) in [6, 6.07) is 7.45. The smallest absolute Gasteiger partial charge is 0.150 e. The third kappa shape index (κ3) is 4.19. The predicted molar refractivity (Wildman–Crippen MR) is 77.6 cm³/mol. The van der Waals surface area contributed by atoms with Crippen LogP contribution in [-0.2, 0) is 9.84 Å². The molecule has 0 radical (unpaired) electrons. The summed E-state index contributed by atoms with van der Waals surface area (Å²) in [5.74, 6) is 1.23. The van der Waals surface area contributed by atoms with Gasteiger partial charge in [0.1, 0.15) is 15.6 Å². The molecule has 1 aliphatic heterocycles. The molecule has 1 saturated heterocycles. The van der Waals surface area contributed by atoms with Crippen molar-refractivity contribution in [1.82, 2.24) is 5.32 Å². The van der Waals surface area contributed by atoms with Crippen LogP contribution >= 0.6 is 0 Å². The topological polar surface area (TPSA) is 75.6 Å². The lowest BCUT2D eigenvalue weighted by atomic mass is 10.1. The summed E-state index contributed by atoms with van der Waals surface area (Å²) in [6.07, 6.45) is 0.648. The monoisotopic (exact) mass is 299 g/mol. The van der Waals surface area contributed by atoms with E-state index in [1.165, 1.54) is 0 Å². The van der Waals surface area contributed by atoms with E-state index in [9.17, 15) is 13.5 Å². The molecule has 5 nitrogen and oxygen atoms in total. The highest BCUT2D eigenvalue weighted by Crippen LogP contribution is 2.18. The highest BCUT2D eigenvalue weighted by molar-refractivity contribution is 7.91. The van der Waals surface area contributed by atoms with Gasteiger partial charge in [-0.2, -0.15) is 0 Å². The van der Waals surface area contributed by atoms with E-state index in [-0.39, 0.29) is 17.5 Å². The highest BCUT2D eigenvalue weighted by Gasteiger charge is 2.23. The van der Waals surface area contributed by atoms with E-state index in [0.29, 0.717) is 19.4 Å². The maximum absolute atomic E-state index is 11.3. The molecule has 1 aliphatic rings. The van der Waals surface area contributed by atoms with Crippen LogP contribution in [0.2, 0.25) is 0 Å². The molecule has 0 bridgehead atoms. The summed E-state index contributed by atoms with van der Waals surface area (Å²) in [6.45, 7) is 0.428. The third-order valence-electron chi connectivity index (χ3n) is 3.66. The summed E-state index contributed by atoms with van der Waals surface area (Å²) in [5.41, 5.74) is 0.821. The number of rotatable bonds is 5. The maximum Gasteiger partial charge on any atom is 0.150 e. The van der Waals surface area contributed by atoms with E-state index in [0.717, 1.165) is 11.3 Å². The molecule has 0 aromatic heterocycles. The van der Waals surface area contributed by atoms with Crippen LogP contribution in [0.5, 0.6) is 5.75 Å².